The molecule has 5 heteroatoms. The fourth-order valence-electron chi connectivity index (χ4n) is 2.04. The Morgan fingerprint density at radius 2 is 2.18 bits per heavy atom. The van der Waals surface area contributed by atoms with Gasteiger partial charge in [0.25, 0.3) is 0 Å². The highest BCUT2D eigenvalue weighted by Crippen LogP contribution is 2.19. The number of piperidine rings is 1. The minimum atomic E-state index is -0.987. The van der Waals surface area contributed by atoms with E-state index in [-0.39, 0.29) is 5.69 Å². The molecular weight excluding hydrogens is 220 g/mol. The molecule has 0 atom stereocenters. The number of aromatic nitrogens is 1. The molecule has 2 rings (SSSR count). The van der Waals surface area contributed by atoms with E-state index in [1.165, 1.54) is 6.07 Å². The van der Waals surface area contributed by atoms with Crippen molar-refractivity contribution in [1.29, 1.82) is 0 Å². The average molecular weight is 236 g/mol. The van der Waals surface area contributed by atoms with Gasteiger partial charge in [0.15, 0.2) is 5.69 Å². The highest BCUT2D eigenvalue weighted by Gasteiger charge is 2.20. The van der Waals surface area contributed by atoms with Crippen molar-refractivity contribution in [2.24, 2.45) is 0 Å². The molecule has 0 saturated carbocycles. The van der Waals surface area contributed by atoms with Crippen LogP contribution in [0.25, 0.3) is 0 Å². The monoisotopic (exact) mass is 236 g/mol. The van der Waals surface area contributed by atoms with Gasteiger partial charge in [-0.05, 0) is 25.0 Å². The first-order valence-electron chi connectivity index (χ1n) is 5.69. The lowest BCUT2D eigenvalue weighted by molar-refractivity contribution is 0.0690. The second-order valence-electron chi connectivity index (χ2n) is 4.11. The van der Waals surface area contributed by atoms with Crippen molar-refractivity contribution >= 4 is 11.8 Å². The maximum atomic E-state index is 10.8. The molecular formula is C12H16N2O3. The molecule has 0 aliphatic carbocycles. The fraction of sp³-hybridized carbons (Fsp3) is 0.500. The molecule has 0 aromatic carbocycles. The summed E-state index contributed by atoms with van der Waals surface area (Å²) in [5.41, 5.74) is 0.0939. The first-order chi connectivity index (χ1) is 8.20. The maximum Gasteiger partial charge on any atom is 0.354 e. The Morgan fingerprint density at radius 3 is 2.76 bits per heavy atom. The standard InChI is InChI=1S/C12H16N2O3/c1-17-9-5-7-14(8-6-9)11-4-2-3-10(13-11)12(15)16/h2-4,9H,5-8H2,1H3,(H,15,16). The van der Waals surface area contributed by atoms with E-state index in [2.05, 4.69) is 9.88 Å². The summed E-state index contributed by atoms with van der Waals surface area (Å²) in [6, 6.07) is 5.08. The fourth-order valence-corrected chi connectivity index (χ4v) is 2.04. The maximum absolute atomic E-state index is 10.8. The zero-order valence-electron chi connectivity index (χ0n) is 9.80. The van der Waals surface area contributed by atoms with Crippen LogP contribution in [0.4, 0.5) is 5.82 Å². The van der Waals surface area contributed by atoms with Crippen molar-refractivity contribution in [3.63, 3.8) is 0 Å². The second-order valence-corrected chi connectivity index (χ2v) is 4.11. The molecule has 17 heavy (non-hydrogen) atoms. The number of carboxylic acid groups (broad SMARTS) is 1. The van der Waals surface area contributed by atoms with Crippen LogP contribution in [0.5, 0.6) is 0 Å². The summed E-state index contributed by atoms with van der Waals surface area (Å²) in [4.78, 5) is 17.1. The number of aromatic carboxylic acids is 1. The second kappa shape index (κ2) is 5.14. The van der Waals surface area contributed by atoms with E-state index in [1.54, 1.807) is 13.2 Å². The van der Waals surface area contributed by atoms with Gasteiger partial charge in [0.05, 0.1) is 6.10 Å². The van der Waals surface area contributed by atoms with Crippen molar-refractivity contribution in [3.8, 4) is 0 Å². The lowest BCUT2D eigenvalue weighted by Crippen LogP contribution is -2.37. The highest BCUT2D eigenvalue weighted by molar-refractivity contribution is 5.85. The first kappa shape index (κ1) is 11.9. The summed E-state index contributed by atoms with van der Waals surface area (Å²) in [6.45, 7) is 1.71. The van der Waals surface area contributed by atoms with Crippen LogP contribution in [0.15, 0.2) is 18.2 Å². The molecule has 1 aliphatic rings. The van der Waals surface area contributed by atoms with E-state index in [1.807, 2.05) is 6.07 Å². The molecule has 5 nitrogen and oxygen atoms in total. The van der Waals surface area contributed by atoms with Gasteiger partial charge in [-0.3, -0.25) is 0 Å². The Labute approximate surface area is 100 Å². The zero-order valence-corrected chi connectivity index (χ0v) is 9.80. The van der Waals surface area contributed by atoms with Crippen LogP contribution in [0.2, 0.25) is 0 Å². The van der Waals surface area contributed by atoms with Crippen LogP contribution in [0.3, 0.4) is 0 Å². The number of hydrogen-bond donors (Lipinski definition) is 1. The van der Waals surface area contributed by atoms with Crippen molar-refractivity contribution < 1.29 is 14.6 Å². The SMILES string of the molecule is COC1CCN(c2cccc(C(=O)O)n2)CC1. The third-order valence-corrected chi connectivity index (χ3v) is 3.05. The molecule has 1 fully saturated rings. The van der Waals surface area contributed by atoms with Crippen LogP contribution in [-0.4, -0.2) is 42.4 Å². The molecule has 1 saturated heterocycles. The topological polar surface area (TPSA) is 62.7 Å². The van der Waals surface area contributed by atoms with Gasteiger partial charge in [0.2, 0.25) is 0 Å². The van der Waals surface area contributed by atoms with Gasteiger partial charge in [0, 0.05) is 20.2 Å². The van der Waals surface area contributed by atoms with Crippen LogP contribution >= 0.6 is 0 Å². The Bertz CT molecular complexity index is 400. The van der Waals surface area contributed by atoms with Gasteiger partial charge in [-0.25, -0.2) is 9.78 Å². The smallest absolute Gasteiger partial charge is 0.354 e. The molecule has 1 N–H and O–H groups in total. The predicted molar refractivity (Wildman–Crippen MR) is 63.4 cm³/mol. The minimum absolute atomic E-state index is 0.0939. The number of carbonyl (C=O) groups is 1. The molecule has 1 aliphatic heterocycles. The van der Waals surface area contributed by atoms with Crippen LogP contribution < -0.4 is 4.90 Å². The third-order valence-electron chi connectivity index (χ3n) is 3.05. The van der Waals surface area contributed by atoms with Crippen LogP contribution in [0.1, 0.15) is 23.3 Å². The van der Waals surface area contributed by atoms with Crippen molar-refractivity contribution in [3.05, 3.63) is 23.9 Å². The summed E-state index contributed by atoms with van der Waals surface area (Å²) in [5.74, 6) is -0.252. The van der Waals surface area contributed by atoms with Crippen molar-refractivity contribution in [2.45, 2.75) is 18.9 Å². The van der Waals surface area contributed by atoms with E-state index >= 15 is 0 Å². The molecule has 92 valence electrons. The zero-order chi connectivity index (χ0) is 12.3. The normalized spacial score (nSPS) is 17.1. The minimum Gasteiger partial charge on any atom is -0.477 e. The van der Waals surface area contributed by atoms with E-state index in [9.17, 15) is 4.79 Å². The average Bonchev–Trinajstić information content (AvgIpc) is 2.39. The Kier molecular flexibility index (Phi) is 3.58. The number of ether oxygens (including phenoxy) is 1. The van der Waals surface area contributed by atoms with E-state index in [0.717, 1.165) is 31.7 Å². The summed E-state index contributed by atoms with van der Waals surface area (Å²) in [6.07, 6.45) is 2.22. The number of nitrogens with zero attached hydrogens (tertiary/aromatic N) is 2. The van der Waals surface area contributed by atoms with Gasteiger partial charge in [0.1, 0.15) is 5.82 Å². The Morgan fingerprint density at radius 1 is 1.47 bits per heavy atom. The number of carboxylic acids is 1. The molecule has 0 amide bonds. The van der Waals surface area contributed by atoms with Crippen molar-refractivity contribution in [1.82, 2.24) is 4.98 Å². The molecule has 0 bridgehead atoms. The molecule has 0 unspecified atom stereocenters. The largest absolute Gasteiger partial charge is 0.477 e. The number of hydrogen-bond acceptors (Lipinski definition) is 4. The lowest BCUT2D eigenvalue weighted by Gasteiger charge is -2.32. The predicted octanol–water partition coefficient (Wildman–Crippen LogP) is 1.40. The molecule has 2 heterocycles. The Hall–Kier alpha value is -1.62. The number of pyridine rings is 1. The highest BCUT2D eigenvalue weighted by atomic mass is 16.5. The quantitative estimate of drug-likeness (QED) is 0.859. The van der Waals surface area contributed by atoms with Crippen molar-refractivity contribution in [2.75, 3.05) is 25.1 Å². The molecule has 1 aromatic heterocycles. The number of methoxy groups -OCH3 is 1. The summed E-state index contributed by atoms with van der Waals surface area (Å²) in [5, 5.41) is 8.89. The summed E-state index contributed by atoms with van der Waals surface area (Å²) >= 11 is 0. The van der Waals surface area contributed by atoms with E-state index < -0.39 is 5.97 Å². The van der Waals surface area contributed by atoms with Crippen LogP contribution in [0, 0.1) is 0 Å². The van der Waals surface area contributed by atoms with E-state index in [0.29, 0.717) is 6.10 Å². The molecule has 0 radical (unpaired) electrons. The first-order valence-corrected chi connectivity index (χ1v) is 5.69. The summed E-state index contributed by atoms with van der Waals surface area (Å²) < 4.78 is 5.30. The molecule has 1 aromatic rings. The lowest BCUT2D eigenvalue weighted by atomic mass is 10.1. The van der Waals surface area contributed by atoms with Gasteiger partial charge in [-0.15, -0.1) is 0 Å². The number of rotatable bonds is 3. The van der Waals surface area contributed by atoms with Gasteiger partial charge >= 0.3 is 5.97 Å². The van der Waals surface area contributed by atoms with Gasteiger partial charge in [-0.1, -0.05) is 6.07 Å². The van der Waals surface area contributed by atoms with Crippen LogP contribution in [-0.2, 0) is 4.74 Å². The van der Waals surface area contributed by atoms with E-state index in [4.69, 9.17) is 9.84 Å². The number of anilines is 1. The molecule has 0 spiro atoms. The van der Waals surface area contributed by atoms with Gasteiger partial charge in [-0.2, -0.15) is 0 Å². The third kappa shape index (κ3) is 2.74. The summed E-state index contributed by atoms with van der Waals surface area (Å²) in [7, 11) is 1.73. The Balaban J connectivity index is 2.08. The van der Waals surface area contributed by atoms with Gasteiger partial charge < -0.3 is 14.7 Å².